The number of hydrogen-bond acceptors (Lipinski definition) is 3. The predicted molar refractivity (Wildman–Crippen MR) is 126 cm³/mol. The van der Waals surface area contributed by atoms with E-state index in [0.29, 0.717) is 12.8 Å². The molecule has 6 nitrogen and oxygen atoms in total. The first-order valence-electron chi connectivity index (χ1n) is 10.1. The fraction of sp³-hybridized carbons (Fsp3) is 0.292. The average molecular weight is 442 g/mol. The van der Waals surface area contributed by atoms with E-state index in [1.165, 1.54) is 4.90 Å². The second-order valence-electron chi connectivity index (χ2n) is 7.61. The van der Waals surface area contributed by atoms with Gasteiger partial charge in [-0.1, -0.05) is 72.8 Å². The zero-order valence-electron chi connectivity index (χ0n) is 18.3. The van der Waals surface area contributed by atoms with E-state index in [1.807, 2.05) is 49.4 Å². The van der Waals surface area contributed by atoms with Crippen LogP contribution in [0.4, 0.5) is 4.79 Å². The fourth-order valence-electron chi connectivity index (χ4n) is 2.90. The van der Waals surface area contributed by atoms with Gasteiger partial charge in [-0.05, 0) is 37.5 Å². The van der Waals surface area contributed by atoms with Crippen molar-refractivity contribution in [3.8, 4) is 0 Å². The van der Waals surface area contributed by atoms with E-state index in [1.54, 1.807) is 44.4 Å². The Morgan fingerprint density at radius 3 is 2.23 bits per heavy atom. The number of amides is 2. The highest BCUT2D eigenvalue weighted by atomic mass is 32.2. The maximum absolute atomic E-state index is 12.9. The summed E-state index contributed by atoms with van der Waals surface area (Å²) >= 11 is 0. The summed E-state index contributed by atoms with van der Waals surface area (Å²) in [5.74, 6) is 0. The van der Waals surface area contributed by atoms with E-state index >= 15 is 0 Å². The molecule has 2 rings (SSSR count). The van der Waals surface area contributed by atoms with Crippen molar-refractivity contribution in [2.45, 2.75) is 36.7 Å². The van der Waals surface area contributed by atoms with Gasteiger partial charge in [-0.2, -0.15) is 0 Å². The summed E-state index contributed by atoms with van der Waals surface area (Å²) in [5, 5.41) is 2.85. The Kier molecular flexibility index (Phi) is 9.03. The normalized spacial score (nSPS) is 13.5. The van der Waals surface area contributed by atoms with Crippen LogP contribution in [0.25, 0.3) is 6.08 Å². The number of nitrogens with one attached hydrogen (secondary N) is 2. The molecule has 7 heteroatoms. The molecule has 0 bridgehead atoms. The largest absolute Gasteiger partial charge is 0.332 e. The minimum Gasteiger partial charge on any atom is -0.332 e. The molecule has 0 spiro atoms. The van der Waals surface area contributed by atoms with Gasteiger partial charge in [0.05, 0.1) is 4.90 Å². The summed E-state index contributed by atoms with van der Waals surface area (Å²) in [7, 11) is -0.358. The molecule has 2 aromatic carbocycles. The summed E-state index contributed by atoms with van der Waals surface area (Å²) < 4.78 is 28.5. The van der Waals surface area contributed by atoms with E-state index in [4.69, 9.17) is 0 Å². The fourth-order valence-corrected chi connectivity index (χ4v) is 4.17. The van der Waals surface area contributed by atoms with Crippen molar-refractivity contribution >= 4 is 22.1 Å². The zero-order chi connectivity index (χ0) is 22.9. The minimum absolute atomic E-state index is 0.214. The van der Waals surface area contributed by atoms with Crippen molar-refractivity contribution in [1.82, 2.24) is 14.9 Å². The van der Waals surface area contributed by atoms with Crippen LogP contribution in [0.5, 0.6) is 0 Å². The van der Waals surface area contributed by atoms with Gasteiger partial charge in [0, 0.05) is 26.2 Å². The quantitative estimate of drug-likeness (QED) is 0.546. The van der Waals surface area contributed by atoms with Gasteiger partial charge in [-0.25, -0.2) is 17.9 Å². The number of sulfonamides is 1. The minimum atomic E-state index is -3.68. The van der Waals surface area contributed by atoms with Crippen molar-refractivity contribution in [3.63, 3.8) is 0 Å². The first kappa shape index (κ1) is 24.4. The van der Waals surface area contributed by atoms with Gasteiger partial charge >= 0.3 is 6.03 Å². The second kappa shape index (κ2) is 11.5. The van der Waals surface area contributed by atoms with Gasteiger partial charge in [0.25, 0.3) is 0 Å². The predicted octanol–water partition coefficient (Wildman–Crippen LogP) is 4.04. The number of benzene rings is 2. The van der Waals surface area contributed by atoms with Crippen LogP contribution in [0, 0.1) is 0 Å². The third-order valence-electron chi connectivity index (χ3n) is 4.77. The van der Waals surface area contributed by atoms with Crippen molar-refractivity contribution in [2.24, 2.45) is 0 Å². The molecular weight excluding hydrogens is 410 g/mol. The SMILES string of the molecule is C=C(C[C@@H](C/C=C/c1ccccc1)NS(=O)(=O)c1ccccc1)[C@@H](C)NC(=O)N(C)C. The maximum atomic E-state index is 12.9. The van der Waals surface area contributed by atoms with Crippen molar-refractivity contribution < 1.29 is 13.2 Å². The Balaban J connectivity index is 2.14. The lowest BCUT2D eigenvalue weighted by Gasteiger charge is -2.24. The summed E-state index contributed by atoms with van der Waals surface area (Å²) in [5.41, 5.74) is 1.78. The molecule has 0 fully saturated rings. The van der Waals surface area contributed by atoms with Crippen LogP contribution < -0.4 is 10.0 Å². The van der Waals surface area contributed by atoms with Gasteiger partial charge in [0.15, 0.2) is 0 Å². The van der Waals surface area contributed by atoms with Crippen molar-refractivity contribution in [1.29, 1.82) is 0 Å². The standard InChI is InChI=1S/C24H31N3O3S/c1-19(20(2)25-24(28)27(3)4)18-22(15-11-14-21-12-7-5-8-13-21)26-31(29,30)23-16-9-6-10-17-23/h5-14,16-17,20,22,26H,1,15,18H2,2-4H3,(H,25,28)/b14-11+/t20-,22-/m1/s1. The topological polar surface area (TPSA) is 78.5 Å². The first-order chi connectivity index (χ1) is 14.7. The highest BCUT2D eigenvalue weighted by molar-refractivity contribution is 7.89. The Morgan fingerprint density at radius 1 is 1.06 bits per heavy atom. The monoisotopic (exact) mass is 441 g/mol. The summed E-state index contributed by atoms with van der Waals surface area (Å²) in [6.45, 7) is 5.92. The molecule has 0 aromatic heterocycles. The van der Waals surface area contributed by atoms with Gasteiger partial charge in [0.2, 0.25) is 10.0 Å². The van der Waals surface area contributed by atoms with Gasteiger partial charge in [-0.15, -0.1) is 0 Å². The maximum Gasteiger partial charge on any atom is 0.317 e. The van der Waals surface area contributed by atoms with Gasteiger partial charge in [-0.3, -0.25) is 0 Å². The van der Waals surface area contributed by atoms with E-state index < -0.39 is 16.1 Å². The smallest absolute Gasteiger partial charge is 0.317 e. The summed E-state index contributed by atoms with van der Waals surface area (Å²) in [4.78, 5) is 13.6. The average Bonchev–Trinajstić information content (AvgIpc) is 2.74. The lowest BCUT2D eigenvalue weighted by Crippen LogP contribution is -2.42. The molecule has 0 unspecified atom stereocenters. The van der Waals surface area contributed by atoms with Crippen LogP contribution >= 0.6 is 0 Å². The van der Waals surface area contributed by atoms with Crippen LogP contribution in [-0.2, 0) is 10.0 Å². The van der Waals surface area contributed by atoms with Crippen molar-refractivity contribution in [2.75, 3.05) is 14.1 Å². The molecule has 166 valence electrons. The molecule has 2 atom stereocenters. The highest BCUT2D eigenvalue weighted by Crippen LogP contribution is 2.16. The summed E-state index contributed by atoms with van der Waals surface area (Å²) in [6.07, 6.45) is 4.78. The molecule has 0 radical (unpaired) electrons. The van der Waals surface area contributed by atoms with E-state index in [-0.39, 0.29) is 17.0 Å². The molecule has 2 N–H and O–H groups in total. The Bertz CT molecular complexity index is 987. The molecule has 0 heterocycles. The number of rotatable bonds is 10. The van der Waals surface area contributed by atoms with Gasteiger partial charge < -0.3 is 10.2 Å². The number of nitrogens with zero attached hydrogens (tertiary/aromatic N) is 1. The number of carbonyl (C=O) groups excluding carboxylic acids is 1. The van der Waals surface area contributed by atoms with E-state index in [9.17, 15) is 13.2 Å². The zero-order valence-corrected chi connectivity index (χ0v) is 19.1. The van der Waals surface area contributed by atoms with E-state index in [0.717, 1.165) is 11.1 Å². The lowest BCUT2D eigenvalue weighted by molar-refractivity contribution is 0.215. The molecule has 2 aromatic rings. The molecule has 0 aliphatic rings. The molecule has 0 aliphatic heterocycles. The highest BCUT2D eigenvalue weighted by Gasteiger charge is 2.22. The Hall–Kier alpha value is -2.90. The second-order valence-corrected chi connectivity index (χ2v) is 9.32. The molecule has 0 saturated carbocycles. The Labute approximate surface area is 185 Å². The van der Waals surface area contributed by atoms with Crippen LogP contribution in [0.2, 0.25) is 0 Å². The molecule has 0 saturated heterocycles. The molecule has 2 amide bonds. The first-order valence-corrected chi connectivity index (χ1v) is 11.6. The molecule has 31 heavy (non-hydrogen) atoms. The number of hydrogen-bond donors (Lipinski definition) is 2. The van der Waals surface area contributed by atoms with Gasteiger partial charge in [0.1, 0.15) is 0 Å². The van der Waals surface area contributed by atoms with Crippen LogP contribution in [0.3, 0.4) is 0 Å². The number of carbonyl (C=O) groups is 1. The number of urea groups is 1. The molecule has 0 aliphatic carbocycles. The lowest BCUT2D eigenvalue weighted by atomic mass is 10.00. The van der Waals surface area contributed by atoms with Crippen LogP contribution in [0.15, 0.2) is 83.8 Å². The third-order valence-corrected chi connectivity index (χ3v) is 6.31. The van der Waals surface area contributed by atoms with Crippen molar-refractivity contribution in [3.05, 3.63) is 84.5 Å². The van der Waals surface area contributed by atoms with E-state index in [2.05, 4.69) is 16.6 Å². The van der Waals surface area contributed by atoms with Crippen LogP contribution in [0.1, 0.15) is 25.3 Å². The Morgan fingerprint density at radius 2 is 1.65 bits per heavy atom. The summed E-state index contributed by atoms with van der Waals surface area (Å²) in [6, 6.07) is 17.2. The van der Waals surface area contributed by atoms with Crippen LogP contribution in [-0.4, -0.2) is 45.5 Å². The molecular formula is C24H31N3O3S. The third kappa shape index (κ3) is 8.03.